The van der Waals surface area contributed by atoms with Crippen molar-refractivity contribution < 1.29 is 4.79 Å². The average Bonchev–Trinajstić information content (AvgIpc) is 2.37. The lowest BCUT2D eigenvalue weighted by Crippen LogP contribution is -2.37. The first-order chi connectivity index (χ1) is 8.07. The van der Waals surface area contributed by atoms with Crippen molar-refractivity contribution in [1.29, 1.82) is 0 Å². The third kappa shape index (κ3) is 4.17. The zero-order chi connectivity index (χ0) is 12.8. The summed E-state index contributed by atoms with van der Waals surface area (Å²) in [5, 5.41) is 0. The second-order valence-corrected chi connectivity index (χ2v) is 4.23. The van der Waals surface area contributed by atoms with Crippen LogP contribution in [-0.4, -0.2) is 24.4 Å². The minimum Gasteiger partial charge on any atom is -0.342 e. The number of nitrogens with two attached hydrogens (primary N) is 1. The van der Waals surface area contributed by atoms with Crippen LogP contribution in [0.4, 0.5) is 0 Å². The largest absolute Gasteiger partial charge is 0.342 e. The first kappa shape index (κ1) is 16.7. The number of rotatable bonds is 5. The maximum absolute atomic E-state index is 12.0. The van der Waals surface area contributed by atoms with E-state index in [4.69, 9.17) is 5.73 Å². The summed E-state index contributed by atoms with van der Waals surface area (Å²) in [5.41, 5.74) is 7.09. The number of likely N-dealkylation sites (N-methyl/N-ethyl adjacent to an activating group) is 1. The number of nitrogens with zero attached hydrogens (tertiary/aromatic N) is 1. The number of benzene rings is 1. The van der Waals surface area contributed by atoms with Crippen molar-refractivity contribution in [3.63, 3.8) is 0 Å². The number of carbonyl (C=O) groups excluding carboxylic acids is 1. The zero-order valence-corrected chi connectivity index (χ0v) is 11.7. The van der Waals surface area contributed by atoms with E-state index in [2.05, 4.69) is 6.58 Å². The molecular formula is C14H21ClN2O. The summed E-state index contributed by atoms with van der Waals surface area (Å²) in [4.78, 5) is 13.7. The Kier molecular flexibility index (Phi) is 7.32. The summed E-state index contributed by atoms with van der Waals surface area (Å²) in [6.07, 6.45) is 1.71. The zero-order valence-electron chi connectivity index (χ0n) is 10.9. The molecule has 100 valence electrons. The Morgan fingerprint density at radius 3 is 2.50 bits per heavy atom. The highest BCUT2D eigenvalue weighted by molar-refractivity contribution is 5.85. The van der Waals surface area contributed by atoms with E-state index in [-0.39, 0.29) is 30.3 Å². The summed E-state index contributed by atoms with van der Waals surface area (Å²) in [5.74, 6) is -0.191. The van der Waals surface area contributed by atoms with Gasteiger partial charge in [-0.3, -0.25) is 4.79 Å². The van der Waals surface area contributed by atoms with Crippen LogP contribution in [0.15, 0.2) is 43.0 Å². The fraction of sp³-hybridized carbons (Fsp3) is 0.357. The number of amides is 1. The van der Waals surface area contributed by atoms with Gasteiger partial charge < -0.3 is 10.6 Å². The molecule has 18 heavy (non-hydrogen) atoms. The van der Waals surface area contributed by atoms with Crippen molar-refractivity contribution in [3.8, 4) is 0 Å². The lowest BCUT2D eigenvalue weighted by molar-refractivity contribution is -0.133. The van der Waals surface area contributed by atoms with Gasteiger partial charge >= 0.3 is 0 Å². The third-order valence-electron chi connectivity index (χ3n) is 2.89. The van der Waals surface area contributed by atoms with Gasteiger partial charge in [0.2, 0.25) is 5.91 Å². The Balaban J connectivity index is 0.00000289. The molecule has 0 bridgehead atoms. The van der Waals surface area contributed by atoms with Crippen molar-refractivity contribution >= 4 is 18.3 Å². The van der Waals surface area contributed by atoms with Crippen molar-refractivity contribution in [2.75, 3.05) is 13.6 Å². The monoisotopic (exact) mass is 268 g/mol. The van der Waals surface area contributed by atoms with Crippen molar-refractivity contribution in [1.82, 2.24) is 4.90 Å². The number of halogens is 1. The Morgan fingerprint density at radius 1 is 1.44 bits per heavy atom. The Morgan fingerprint density at radius 2 is 2.00 bits per heavy atom. The molecule has 0 fully saturated rings. The predicted octanol–water partition coefficient (Wildman–Crippen LogP) is 2.39. The highest BCUT2D eigenvalue weighted by atomic mass is 35.5. The van der Waals surface area contributed by atoms with Crippen molar-refractivity contribution in [2.24, 2.45) is 11.7 Å². The Labute approximate surface area is 115 Å². The molecule has 0 saturated carbocycles. The average molecular weight is 269 g/mol. The van der Waals surface area contributed by atoms with Crippen LogP contribution < -0.4 is 5.73 Å². The molecule has 1 aromatic rings. The molecule has 0 aliphatic carbocycles. The fourth-order valence-electron chi connectivity index (χ4n) is 1.75. The van der Waals surface area contributed by atoms with Gasteiger partial charge in [0.15, 0.2) is 0 Å². The van der Waals surface area contributed by atoms with E-state index in [1.54, 1.807) is 18.0 Å². The minimum absolute atomic E-state index is 0. The van der Waals surface area contributed by atoms with Crippen LogP contribution in [0, 0.1) is 5.92 Å². The van der Waals surface area contributed by atoms with E-state index in [0.717, 1.165) is 5.56 Å². The Bertz CT molecular complexity index is 381. The molecule has 0 saturated heterocycles. The first-order valence-corrected chi connectivity index (χ1v) is 5.74. The first-order valence-electron chi connectivity index (χ1n) is 5.74. The van der Waals surface area contributed by atoms with E-state index in [9.17, 15) is 4.79 Å². The second kappa shape index (κ2) is 7.90. The summed E-state index contributed by atoms with van der Waals surface area (Å²) in [6, 6.07) is 9.42. The fourth-order valence-corrected chi connectivity index (χ4v) is 1.75. The van der Waals surface area contributed by atoms with Gasteiger partial charge in [-0.15, -0.1) is 19.0 Å². The lowest BCUT2D eigenvalue weighted by Gasteiger charge is -2.24. The van der Waals surface area contributed by atoms with Crippen LogP contribution >= 0.6 is 12.4 Å². The molecule has 0 spiro atoms. The van der Waals surface area contributed by atoms with Gasteiger partial charge in [0.25, 0.3) is 0 Å². The molecule has 2 atom stereocenters. The lowest BCUT2D eigenvalue weighted by atomic mass is 9.94. The summed E-state index contributed by atoms with van der Waals surface area (Å²) in [7, 11) is 1.76. The molecule has 0 aliphatic heterocycles. The molecule has 4 heteroatoms. The van der Waals surface area contributed by atoms with Gasteiger partial charge in [-0.2, -0.15) is 0 Å². The van der Waals surface area contributed by atoms with Gasteiger partial charge in [-0.1, -0.05) is 43.3 Å². The molecule has 3 nitrogen and oxygen atoms in total. The van der Waals surface area contributed by atoms with Crippen LogP contribution in [0.5, 0.6) is 0 Å². The molecule has 1 aromatic carbocycles. The summed E-state index contributed by atoms with van der Waals surface area (Å²) < 4.78 is 0. The van der Waals surface area contributed by atoms with Gasteiger partial charge in [0, 0.05) is 19.6 Å². The molecule has 1 amide bonds. The number of hydrogen-bond acceptors (Lipinski definition) is 2. The van der Waals surface area contributed by atoms with Gasteiger partial charge in [0.1, 0.15) is 0 Å². The maximum atomic E-state index is 12.0. The summed E-state index contributed by atoms with van der Waals surface area (Å²) >= 11 is 0. The Hall–Kier alpha value is -1.32. The maximum Gasteiger partial charge on any atom is 0.227 e. The standard InChI is InChI=1S/C14H20N2O.ClH/c1-4-10-16(3)14(17)11(2)13(15)12-8-6-5-7-9-12;/h4-9,11,13H,1,10,15H2,2-3H3;1H. The topological polar surface area (TPSA) is 46.3 Å². The third-order valence-corrected chi connectivity index (χ3v) is 2.89. The van der Waals surface area contributed by atoms with Crippen LogP contribution in [0.3, 0.4) is 0 Å². The molecule has 2 N–H and O–H groups in total. The van der Waals surface area contributed by atoms with Gasteiger partial charge in [-0.05, 0) is 5.56 Å². The van der Waals surface area contributed by atoms with Crippen LogP contribution in [0.1, 0.15) is 18.5 Å². The smallest absolute Gasteiger partial charge is 0.227 e. The molecular weight excluding hydrogens is 248 g/mol. The van der Waals surface area contributed by atoms with Crippen molar-refractivity contribution in [3.05, 3.63) is 48.6 Å². The molecule has 1 rings (SSSR count). The minimum atomic E-state index is -0.268. The van der Waals surface area contributed by atoms with E-state index < -0.39 is 0 Å². The van der Waals surface area contributed by atoms with Crippen LogP contribution in [-0.2, 0) is 4.79 Å². The van der Waals surface area contributed by atoms with Crippen molar-refractivity contribution in [2.45, 2.75) is 13.0 Å². The normalized spacial score (nSPS) is 13.1. The molecule has 0 heterocycles. The van der Waals surface area contributed by atoms with Crippen LogP contribution in [0.2, 0.25) is 0 Å². The molecule has 0 aliphatic rings. The summed E-state index contributed by atoms with van der Waals surface area (Å²) in [6.45, 7) is 6.03. The van der Waals surface area contributed by atoms with E-state index >= 15 is 0 Å². The molecule has 0 radical (unpaired) electrons. The quantitative estimate of drug-likeness (QED) is 0.834. The van der Waals surface area contributed by atoms with Gasteiger partial charge in [0.05, 0.1) is 5.92 Å². The van der Waals surface area contributed by atoms with E-state index in [0.29, 0.717) is 6.54 Å². The van der Waals surface area contributed by atoms with E-state index in [1.807, 2.05) is 37.3 Å². The van der Waals surface area contributed by atoms with E-state index in [1.165, 1.54) is 0 Å². The van der Waals surface area contributed by atoms with Crippen LogP contribution in [0.25, 0.3) is 0 Å². The predicted molar refractivity (Wildman–Crippen MR) is 77.6 cm³/mol. The molecule has 2 unspecified atom stereocenters. The highest BCUT2D eigenvalue weighted by Gasteiger charge is 2.24. The highest BCUT2D eigenvalue weighted by Crippen LogP contribution is 2.20. The molecule has 0 aromatic heterocycles. The second-order valence-electron chi connectivity index (χ2n) is 4.23. The number of carbonyl (C=O) groups is 1. The SMILES string of the molecule is C=CCN(C)C(=O)C(C)C(N)c1ccccc1.Cl. The van der Waals surface area contributed by atoms with Gasteiger partial charge in [-0.25, -0.2) is 0 Å². The number of hydrogen-bond donors (Lipinski definition) is 1.